The summed E-state index contributed by atoms with van der Waals surface area (Å²) in [6.45, 7) is 3.28. The van der Waals surface area contributed by atoms with Crippen LogP contribution in [-0.2, 0) is 19.5 Å². The van der Waals surface area contributed by atoms with Crippen molar-refractivity contribution in [3.8, 4) is 5.75 Å². The van der Waals surface area contributed by atoms with E-state index in [1.54, 1.807) is 12.0 Å². The molecular weight excluding hydrogens is 242 g/mol. The second kappa shape index (κ2) is 5.12. The normalized spacial score (nSPS) is 15.4. The van der Waals surface area contributed by atoms with E-state index in [-0.39, 0.29) is 0 Å². The molecule has 0 unspecified atom stereocenters. The lowest BCUT2D eigenvalue weighted by atomic mass is 10.1. The van der Waals surface area contributed by atoms with Crippen molar-refractivity contribution in [3.05, 3.63) is 51.7 Å². The summed E-state index contributed by atoms with van der Waals surface area (Å²) in [6, 6.07) is 10.6. The van der Waals surface area contributed by atoms with Crippen molar-refractivity contribution in [2.45, 2.75) is 19.5 Å². The first-order valence-electron chi connectivity index (χ1n) is 6.25. The number of rotatable bonds is 3. The van der Waals surface area contributed by atoms with Crippen molar-refractivity contribution in [1.29, 1.82) is 0 Å². The molecule has 0 N–H and O–H groups in total. The third kappa shape index (κ3) is 2.42. The SMILES string of the molecule is COc1ccc(CN2CCc3sccc3C2)cc1. The lowest BCUT2D eigenvalue weighted by Crippen LogP contribution is -2.29. The average molecular weight is 259 g/mol. The maximum absolute atomic E-state index is 5.18. The fraction of sp³-hybridized carbons (Fsp3) is 0.333. The Morgan fingerprint density at radius 2 is 2.06 bits per heavy atom. The van der Waals surface area contributed by atoms with Crippen molar-refractivity contribution in [2.24, 2.45) is 0 Å². The highest BCUT2D eigenvalue weighted by atomic mass is 32.1. The van der Waals surface area contributed by atoms with Gasteiger partial charge in [-0.05, 0) is 41.1 Å². The number of hydrogen-bond acceptors (Lipinski definition) is 3. The molecule has 0 atom stereocenters. The first-order chi connectivity index (χ1) is 8.85. The number of benzene rings is 1. The molecule has 0 saturated heterocycles. The van der Waals surface area contributed by atoms with Crippen LogP contribution in [0, 0.1) is 0 Å². The van der Waals surface area contributed by atoms with E-state index in [4.69, 9.17) is 4.74 Å². The molecule has 0 aliphatic carbocycles. The number of thiophene rings is 1. The standard InChI is InChI=1S/C15H17NOS/c1-17-14-4-2-12(3-5-14)10-16-8-6-15-13(11-16)7-9-18-15/h2-5,7,9H,6,8,10-11H2,1H3. The van der Waals surface area contributed by atoms with Crippen LogP contribution in [0.15, 0.2) is 35.7 Å². The molecule has 1 aliphatic rings. The number of fused-ring (bicyclic) bond motifs is 1. The molecule has 94 valence electrons. The molecule has 2 heterocycles. The molecule has 1 aromatic heterocycles. The highest BCUT2D eigenvalue weighted by molar-refractivity contribution is 7.10. The molecule has 1 aromatic carbocycles. The molecule has 3 heteroatoms. The van der Waals surface area contributed by atoms with Crippen molar-refractivity contribution in [3.63, 3.8) is 0 Å². The zero-order chi connectivity index (χ0) is 12.4. The van der Waals surface area contributed by atoms with Crippen LogP contribution in [0.5, 0.6) is 5.75 Å². The third-order valence-corrected chi connectivity index (χ3v) is 4.47. The molecule has 0 amide bonds. The third-order valence-electron chi connectivity index (χ3n) is 3.45. The van der Waals surface area contributed by atoms with Crippen LogP contribution in [0.4, 0.5) is 0 Å². The number of methoxy groups -OCH3 is 1. The molecule has 0 bridgehead atoms. The molecule has 0 saturated carbocycles. The summed E-state index contributed by atoms with van der Waals surface area (Å²) < 4.78 is 5.18. The minimum absolute atomic E-state index is 0.928. The van der Waals surface area contributed by atoms with Gasteiger partial charge in [0, 0.05) is 24.5 Å². The Hall–Kier alpha value is -1.32. The topological polar surface area (TPSA) is 12.5 Å². The van der Waals surface area contributed by atoms with Gasteiger partial charge in [0.1, 0.15) is 5.75 Å². The number of hydrogen-bond donors (Lipinski definition) is 0. The molecule has 1 aliphatic heterocycles. The van der Waals surface area contributed by atoms with Gasteiger partial charge >= 0.3 is 0 Å². The van der Waals surface area contributed by atoms with Gasteiger partial charge in [-0.2, -0.15) is 0 Å². The van der Waals surface area contributed by atoms with Gasteiger partial charge in [0.2, 0.25) is 0 Å². The van der Waals surface area contributed by atoms with E-state index in [0.29, 0.717) is 0 Å². The Labute approximate surface area is 112 Å². The Kier molecular flexibility index (Phi) is 3.35. The molecule has 0 spiro atoms. The van der Waals surface area contributed by atoms with Gasteiger partial charge in [-0.3, -0.25) is 4.90 Å². The summed E-state index contributed by atoms with van der Waals surface area (Å²) in [6.07, 6.45) is 1.20. The van der Waals surface area contributed by atoms with Gasteiger partial charge in [-0.25, -0.2) is 0 Å². The first kappa shape index (κ1) is 11.8. The zero-order valence-electron chi connectivity index (χ0n) is 10.6. The van der Waals surface area contributed by atoms with E-state index in [1.165, 1.54) is 24.1 Å². The minimum Gasteiger partial charge on any atom is -0.497 e. The predicted molar refractivity (Wildman–Crippen MR) is 75.1 cm³/mol. The highest BCUT2D eigenvalue weighted by Gasteiger charge is 2.16. The second-order valence-corrected chi connectivity index (χ2v) is 5.68. The second-order valence-electron chi connectivity index (χ2n) is 4.68. The van der Waals surface area contributed by atoms with E-state index in [1.807, 2.05) is 23.5 Å². The van der Waals surface area contributed by atoms with Crippen LogP contribution in [-0.4, -0.2) is 18.6 Å². The van der Waals surface area contributed by atoms with Crippen molar-refractivity contribution < 1.29 is 4.74 Å². The number of ether oxygens (including phenoxy) is 1. The molecule has 2 nitrogen and oxygen atoms in total. The summed E-state index contributed by atoms with van der Waals surface area (Å²) in [5, 5.41) is 2.21. The Morgan fingerprint density at radius 1 is 1.22 bits per heavy atom. The van der Waals surface area contributed by atoms with Crippen LogP contribution in [0.3, 0.4) is 0 Å². The van der Waals surface area contributed by atoms with Crippen LogP contribution >= 0.6 is 11.3 Å². The maximum Gasteiger partial charge on any atom is 0.118 e. The maximum atomic E-state index is 5.18. The van der Waals surface area contributed by atoms with Crippen molar-refractivity contribution in [2.75, 3.05) is 13.7 Å². The highest BCUT2D eigenvalue weighted by Crippen LogP contribution is 2.25. The Bertz CT molecular complexity index is 518. The monoisotopic (exact) mass is 259 g/mol. The smallest absolute Gasteiger partial charge is 0.118 e. The van der Waals surface area contributed by atoms with Gasteiger partial charge in [-0.1, -0.05) is 12.1 Å². The van der Waals surface area contributed by atoms with Gasteiger partial charge in [0.25, 0.3) is 0 Å². The van der Waals surface area contributed by atoms with Crippen molar-refractivity contribution in [1.82, 2.24) is 4.90 Å². The molecule has 0 fully saturated rings. The largest absolute Gasteiger partial charge is 0.497 e. The van der Waals surface area contributed by atoms with Crippen LogP contribution in [0.25, 0.3) is 0 Å². The summed E-state index contributed by atoms with van der Waals surface area (Å²) in [5.74, 6) is 0.928. The summed E-state index contributed by atoms with van der Waals surface area (Å²) in [7, 11) is 1.71. The van der Waals surface area contributed by atoms with Crippen molar-refractivity contribution >= 4 is 11.3 Å². The first-order valence-corrected chi connectivity index (χ1v) is 7.13. The van der Waals surface area contributed by atoms with Gasteiger partial charge < -0.3 is 4.74 Å². The molecule has 3 rings (SSSR count). The van der Waals surface area contributed by atoms with E-state index >= 15 is 0 Å². The average Bonchev–Trinajstić information content (AvgIpc) is 2.87. The zero-order valence-corrected chi connectivity index (χ0v) is 11.4. The molecule has 0 radical (unpaired) electrons. The Morgan fingerprint density at radius 3 is 2.83 bits per heavy atom. The van der Waals surface area contributed by atoms with Crippen LogP contribution in [0.2, 0.25) is 0 Å². The molecule has 2 aromatic rings. The molecular formula is C15H17NOS. The predicted octanol–water partition coefficient (Wildman–Crippen LogP) is 3.32. The molecule has 18 heavy (non-hydrogen) atoms. The Balaban J connectivity index is 1.67. The van der Waals surface area contributed by atoms with Crippen LogP contribution in [0.1, 0.15) is 16.0 Å². The lowest BCUT2D eigenvalue weighted by Gasteiger charge is -2.26. The summed E-state index contributed by atoms with van der Waals surface area (Å²) >= 11 is 1.90. The van der Waals surface area contributed by atoms with Gasteiger partial charge in [-0.15, -0.1) is 11.3 Å². The fourth-order valence-electron chi connectivity index (χ4n) is 2.43. The van der Waals surface area contributed by atoms with Gasteiger partial charge in [0.15, 0.2) is 0 Å². The summed E-state index contributed by atoms with van der Waals surface area (Å²) in [4.78, 5) is 4.08. The lowest BCUT2D eigenvalue weighted by molar-refractivity contribution is 0.247. The van der Waals surface area contributed by atoms with Crippen LogP contribution < -0.4 is 4.74 Å². The fourth-order valence-corrected chi connectivity index (χ4v) is 3.32. The quantitative estimate of drug-likeness (QED) is 0.838. The van der Waals surface area contributed by atoms with E-state index in [0.717, 1.165) is 18.8 Å². The minimum atomic E-state index is 0.928. The van der Waals surface area contributed by atoms with E-state index in [9.17, 15) is 0 Å². The van der Waals surface area contributed by atoms with Gasteiger partial charge in [0.05, 0.1) is 7.11 Å². The van der Waals surface area contributed by atoms with E-state index in [2.05, 4.69) is 28.5 Å². The summed E-state index contributed by atoms with van der Waals surface area (Å²) in [5.41, 5.74) is 2.87. The van der Waals surface area contributed by atoms with E-state index < -0.39 is 0 Å². The number of nitrogens with zero attached hydrogens (tertiary/aromatic N) is 1.